The first-order valence-electron chi connectivity index (χ1n) is 12.4. The normalized spacial score (nSPS) is 28.0. The van der Waals surface area contributed by atoms with Crippen LogP contribution in [0.3, 0.4) is 0 Å². The zero-order valence-corrected chi connectivity index (χ0v) is 19.6. The molecular weight excluding hydrogens is 353 g/mol. The first-order chi connectivity index (χ1) is 14.0. The predicted octanol–water partition coefficient (Wildman–Crippen LogP) is 5.39. The van der Waals surface area contributed by atoms with Crippen molar-refractivity contribution in [3.05, 3.63) is 23.9 Å². The fourth-order valence-electron chi connectivity index (χ4n) is 5.83. The van der Waals surface area contributed by atoms with E-state index in [1.54, 1.807) is 5.57 Å². The van der Waals surface area contributed by atoms with E-state index in [-0.39, 0.29) is 6.04 Å². The van der Waals surface area contributed by atoms with Crippen LogP contribution >= 0.6 is 0 Å². The summed E-state index contributed by atoms with van der Waals surface area (Å²) in [5.74, 6) is 6.24. The van der Waals surface area contributed by atoms with E-state index < -0.39 is 0 Å². The summed E-state index contributed by atoms with van der Waals surface area (Å²) in [6, 6.07) is 0.250. The van der Waals surface area contributed by atoms with Gasteiger partial charge >= 0.3 is 175 Å². The van der Waals surface area contributed by atoms with Gasteiger partial charge in [0.2, 0.25) is 0 Å². The first kappa shape index (κ1) is 24.4. The molecule has 0 amide bonds. The van der Waals surface area contributed by atoms with Gasteiger partial charge in [-0.05, 0) is 0 Å². The molecule has 1 fully saturated rings. The van der Waals surface area contributed by atoms with Crippen molar-refractivity contribution < 1.29 is 5.11 Å². The zero-order valence-electron chi connectivity index (χ0n) is 19.6. The molecule has 0 aromatic rings. The SMILES string of the molecule is B=CC(NC(=C)CC)C(CC)CC(CO)C1CCC=C(C(CC)C2C[C@@H]2CC)C1. The Balaban J connectivity index is 2.02. The van der Waals surface area contributed by atoms with Crippen molar-refractivity contribution in [2.75, 3.05) is 6.61 Å². The Morgan fingerprint density at radius 3 is 2.59 bits per heavy atom. The number of hydrogen-bond acceptors (Lipinski definition) is 2. The summed E-state index contributed by atoms with van der Waals surface area (Å²) < 4.78 is 0. The number of nitrogens with one attached hydrogen (secondary N) is 1. The van der Waals surface area contributed by atoms with E-state index in [2.05, 4.69) is 53.2 Å². The topological polar surface area (TPSA) is 32.3 Å². The second kappa shape index (κ2) is 12.1. The molecule has 2 rings (SSSR count). The van der Waals surface area contributed by atoms with Crippen LogP contribution < -0.4 is 5.32 Å². The molecule has 7 atom stereocenters. The Morgan fingerprint density at radius 2 is 2.07 bits per heavy atom. The van der Waals surface area contributed by atoms with E-state index in [4.69, 9.17) is 0 Å². The molecule has 0 spiro atoms. The van der Waals surface area contributed by atoms with Crippen LogP contribution in [0.15, 0.2) is 23.9 Å². The molecule has 0 saturated heterocycles. The monoisotopic (exact) mass is 399 g/mol. The molecule has 2 aliphatic rings. The summed E-state index contributed by atoms with van der Waals surface area (Å²) in [5.41, 5.74) is 2.80. The molecule has 29 heavy (non-hydrogen) atoms. The minimum absolute atomic E-state index is 0.250. The second-order valence-electron chi connectivity index (χ2n) is 9.61. The number of hydrogen-bond donors (Lipinski definition) is 2. The molecule has 2 N–H and O–H groups in total. The van der Waals surface area contributed by atoms with Gasteiger partial charge in [-0.1, -0.05) is 6.92 Å². The number of allylic oxidation sites excluding steroid dienone is 3. The predicted molar refractivity (Wildman–Crippen MR) is 130 cm³/mol. The van der Waals surface area contributed by atoms with Gasteiger partial charge in [0.05, 0.1) is 0 Å². The van der Waals surface area contributed by atoms with Gasteiger partial charge in [0.1, 0.15) is 0 Å². The summed E-state index contributed by atoms with van der Waals surface area (Å²) in [4.78, 5) is 0. The van der Waals surface area contributed by atoms with Crippen molar-refractivity contribution in [1.82, 2.24) is 5.32 Å². The molecule has 3 heteroatoms. The van der Waals surface area contributed by atoms with Gasteiger partial charge in [0.15, 0.2) is 0 Å². The van der Waals surface area contributed by atoms with Crippen LogP contribution in [-0.4, -0.2) is 31.2 Å². The van der Waals surface area contributed by atoms with Crippen LogP contribution in [-0.2, 0) is 0 Å². The third-order valence-electron chi connectivity index (χ3n) is 7.97. The van der Waals surface area contributed by atoms with Gasteiger partial charge in [-0.25, -0.2) is 0 Å². The van der Waals surface area contributed by atoms with E-state index in [1.807, 2.05) is 5.97 Å². The summed E-state index contributed by atoms with van der Waals surface area (Å²) in [5, 5.41) is 13.9. The summed E-state index contributed by atoms with van der Waals surface area (Å²) >= 11 is 0. The molecule has 0 radical (unpaired) electrons. The molecule has 164 valence electrons. The number of aliphatic hydroxyl groups excluding tert-OH is 1. The standard InChI is InChI=1S/C26H46BNO/c1-6-18(5)28-26(16-27)20(8-3)13-23(17-29)21-11-10-12-22(14-21)24(9-4)25-15-19(25)7-2/h12,16,19-21,23-29H,5-11,13-15,17H2,1-4H3/t19-,20?,21?,23?,24?,25?,26?/m0/s1. The minimum atomic E-state index is 0.250. The summed E-state index contributed by atoms with van der Waals surface area (Å²) in [6.07, 6.45) is 13.4. The maximum absolute atomic E-state index is 10.3. The molecule has 0 aromatic carbocycles. The van der Waals surface area contributed by atoms with Gasteiger partial charge < -0.3 is 0 Å². The van der Waals surface area contributed by atoms with Gasteiger partial charge in [-0.15, -0.1) is 0 Å². The van der Waals surface area contributed by atoms with Crippen molar-refractivity contribution >= 4 is 13.5 Å². The van der Waals surface area contributed by atoms with E-state index >= 15 is 0 Å². The fourth-order valence-corrected chi connectivity index (χ4v) is 5.83. The molecule has 0 aromatic heterocycles. The third kappa shape index (κ3) is 6.58. The Kier molecular flexibility index (Phi) is 10.2. The Bertz CT molecular complexity index is 557. The Morgan fingerprint density at radius 1 is 1.31 bits per heavy atom. The second-order valence-corrected chi connectivity index (χ2v) is 9.61. The van der Waals surface area contributed by atoms with Gasteiger partial charge in [0.25, 0.3) is 0 Å². The third-order valence-corrected chi connectivity index (χ3v) is 7.97. The van der Waals surface area contributed by atoms with Crippen molar-refractivity contribution in [2.24, 2.45) is 35.5 Å². The molecule has 0 heterocycles. The van der Waals surface area contributed by atoms with E-state index in [0.29, 0.717) is 24.4 Å². The van der Waals surface area contributed by atoms with Gasteiger partial charge in [0, 0.05) is 0 Å². The van der Waals surface area contributed by atoms with E-state index in [1.165, 1.54) is 38.5 Å². The molecule has 0 aliphatic heterocycles. The van der Waals surface area contributed by atoms with Crippen LogP contribution in [0.5, 0.6) is 0 Å². The van der Waals surface area contributed by atoms with Crippen molar-refractivity contribution in [1.29, 1.82) is 0 Å². The average Bonchev–Trinajstić information content (AvgIpc) is 3.53. The van der Waals surface area contributed by atoms with Gasteiger partial charge in [-0.3, -0.25) is 0 Å². The van der Waals surface area contributed by atoms with Gasteiger partial charge in [-0.2, -0.15) is 0 Å². The zero-order chi connectivity index (χ0) is 21.4. The summed E-state index contributed by atoms with van der Waals surface area (Å²) in [7, 11) is 4.08. The van der Waals surface area contributed by atoms with Crippen molar-refractivity contribution in [3.8, 4) is 0 Å². The van der Waals surface area contributed by atoms with Crippen LogP contribution in [0.4, 0.5) is 0 Å². The summed E-state index contributed by atoms with van der Waals surface area (Å²) in [6.45, 7) is 13.6. The molecule has 2 aliphatic carbocycles. The first-order valence-corrected chi connectivity index (χ1v) is 12.4. The van der Waals surface area contributed by atoms with E-state index in [9.17, 15) is 5.11 Å². The quantitative estimate of drug-likeness (QED) is 0.303. The molecule has 2 nitrogen and oxygen atoms in total. The fraction of sp³-hybridized carbons (Fsp3) is 0.808. The van der Waals surface area contributed by atoms with Crippen LogP contribution in [0, 0.1) is 35.5 Å². The number of aliphatic hydroxyl groups is 1. The molecular formula is C26H46BNO. The average molecular weight is 399 g/mol. The van der Waals surface area contributed by atoms with E-state index in [0.717, 1.165) is 42.7 Å². The van der Waals surface area contributed by atoms with Crippen molar-refractivity contribution in [2.45, 2.75) is 91.5 Å². The number of rotatable bonds is 14. The van der Waals surface area contributed by atoms with Crippen LogP contribution in [0.2, 0.25) is 0 Å². The van der Waals surface area contributed by atoms with Crippen molar-refractivity contribution in [3.63, 3.8) is 0 Å². The Labute approximate surface area is 181 Å². The van der Waals surface area contributed by atoms with Crippen LogP contribution in [0.25, 0.3) is 0 Å². The molecule has 6 unspecified atom stereocenters. The Hall–Kier alpha value is -0.825. The maximum atomic E-state index is 10.3. The molecule has 0 bridgehead atoms. The van der Waals surface area contributed by atoms with Crippen LogP contribution in [0.1, 0.15) is 85.5 Å². The molecule has 1 saturated carbocycles.